The van der Waals surface area contributed by atoms with E-state index in [9.17, 15) is 19.5 Å². The van der Waals surface area contributed by atoms with E-state index in [2.05, 4.69) is 0 Å². The van der Waals surface area contributed by atoms with Crippen LogP contribution >= 0.6 is 11.8 Å². The quantitative estimate of drug-likeness (QED) is 0.697. The lowest BCUT2D eigenvalue weighted by Crippen LogP contribution is -2.40. The molecule has 2 aliphatic rings. The van der Waals surface area contributed by atoms with E-state index in [0.717, 1.165) is 0 Å². The Bertz CT molecular complexity index is 921. The van der Waals surface area contributed by atoms with Gasteiger partial charge in [0.25, 0.3) is 0 Å². The van der Waals surface area contributed by atoms with Crippen molar-refractivity contribution in [2.75, 3.05) is 13.2 Å². The van der Waals surface area contributed by atoms with Crippen LogP contribution in [0.3, 0.4) is 0 Å². The summed E-state index contributed by atoms with van der Waals surface area (Å²) in [7, 11) is 0. The Morgan fingerprint density at radius 2 is 1.66 bits per heavy atom. The first kappa shape index (κ1) is 20.8. The highest BCUT2D eigenvalue weighted by Crippen LogP contribution is 2.49. The van der Waals surface area contributed by atoms with Gasteiger partial charge in [0.1, 0.15) is 11.6 Å². The number of ether oxygens (including phenoxy) is 2. The highest BCUT2D eigenvalue weighted by atomic mass is 32.2. The van der Waals surface area contributed by atoms with Gasteiger partial charge in [0.05, 0.1) is 40.6 Å². The third-order valence-corrected chi connectivity index (χ3v) is 5.78. The Labute approximate surface area is 172 Å². The summed E-state index contributed by atoms with van der Waals surface area (Å²) in [5, 5.41) is 9.53. The highest BCUT2D eigenvalue weighted by molar-refractivity contribution is 8.04. The molecule has 154 valence electrons. The zero-order valence-corrected chi connectivity index (χ0v) is 17.1. The molecule has 0 spiro atoms. The summed E-state index contributed by atoms with van der Waals surface area (Å²) in [6.07, 6.45) is 0. The molecule has 1 aromatic carbocycles. The van der Waals surface area contributed by atoms with Crippen LogP contribution in [0.2, 0.25) is 0 Å². The minimum atomic E-state index is -0.898. The van der Waals surface area contributed by atoms with Crippen molar-refractivity contribution in [1.82, 2.24) is 4.90 Å². The van der Waals surface area contributed by atoms with Crippen LogP contribution in [0.4, 0.5) is 0 Å². The van der Waals surface area contributed by atoms with Gasteiger partial charge in [0.15, 0.2) is 0 Å². The molecule has 2 atom stereocenters. The van der Waals surface area contributed by atoms with Gasteiger partial charge >= 0.3 is 11.9 Å². The van der Waals surface area contributed by atoms with Crippen molar-refractivity contribution in [2.45, 2.75) is 31.9 Å². The van der Waals surface area contributed by atoms with Crippen LogP contribution in [-0.2, 0) is 23.9 Å². The maximum Gasteiger partial charge on any atom is 0.338 e. The Morgan fingerprint density at radius 1 is 1.10 bits per heavy atom. The SMILES string of the molecule is CCOC(=O)C1=C(N)N2C(=O)[C@@H](C)SC2=C(C(=O)OCC)[C@H]1c1ccc(O)cc1. The molecule has 0 aliphatic carbocycles. The molecule has 2 heterocycles. The fraction of sp³-hybridized carbons (Fsp3) is 0.350. The Balaban J connectivity index is 2.28. The van der Waals surface area contributed by atoms with Gasteiger partial charge in [-0.2, -0.15) is 0 Å². The van der Waals surface area contributed by atoms with E-state index in [4.69, 9.17) is 15.2 Å². The molecule has 1 aromatic rings. The van der Waals surface area contributed by atoms with E-state index in [1.165, 1.54) is 28.8 Å². The third kappa shape index (κ3) is 3.57. The number of amides is 1. The lowest BCUT2D eigenvalue weighted by atomic mass is 9.82. The number of nitrogens with zero attached hydrogens (tertiary/aromatic N) is 1. The van der Waals surface area contributed by atoms with Crippen LogP contribution < -0.4 is 5.73 Å². The molecule has 0 bridgehead atoms. The van der Waals surface area contributed by atoms with Crippen molar-refractivity contribution in [3.05, 3.63) is 51.8 Å². The predicted molar refractivity (Wildman–Crippen MR) is 106 cm³/mol. The van der Waals surface area contributed by atoms with E-state index in [-0.39, 0.29) is 41.8 Å². The van der Waals surface area contributed by atoms with Gasteiger partial charge in [-0.15, -0.1) is 0 Å². The summed E-state index contributed by atoms with van der Waals surface area (Å²) >= 11 is 1.19. The molecule has 3 N–H and O–H groups in total. The van der Waals surface area contributed by atoms with Crippen molar-refractivity contribution >= 4 is 29.6 Å². The van der Waals surface area contributed by atoms with Gasteiger partial charge in [0.2, 0.25) is 5.91 Å². The number of carbonyl (C=O) groups is 3. The molecule has 0 aromatic heterocycles. The average Bonchev–Trinajstić information content (AvgIpc) is 2.97. The van der Waals surface area contributed by atoms with E-state index in [1.807, 2.05) is 0 Å². The molecule has 1 amide bonds. The van der Waals surface area contributed by atoms with Gasteiger partial charge in [-0.25, -0.2) is 9.59 Å². The second kappa shape index (κ2) is 8.20. The Kier molecular flexibility index (Phi) is 5.88. The molecule has 2 aliphatic heterocycles. The molecule has 0 unspecified atom stereocenters. The minimum absolute atomic E-state index is 0.00704. The Hall–Kier alpha value is -2.94. The minimum Gasteiger partial charge on any atom is -0.508 e. The van der Waals surface area contributed by atoms with Gasteiger partial charge in [-0.1, -0.05) is 23.9 Å². The molecular weight excluding hydrogens is 396 g/mol. The maximum absolute atomic E-state index is 12.9. The van der Waals surface area contributed by atoms with E-state index in [1.54, 1.807) is 32.9 Å². The number of hydrogen-bond acceptors (Lipinski definition) is 8. The van der Waals surface area contributed by atoms with E-state index in [0.29, 0.717) is 10.6 Å². The Morgan fingerprint density at radius 3 is 2.21 bits per heavy atom. The molecule has 1 fully saturated rings. The van der Waals surface area contributed by atoms with Crippen LogP contribution in [0.1, 0.15) is 32.3 Å². The first-order chi connectivity index (χ1) is 13.8. The number of phenols is 1. The number of benzene rings is 1. The summed E-state index contributed by atoms with van der Waals surface area (Å²) < 4.78 is 10.4. The largest absolute Gasteiger partial charge is 0.508 e. The molecule has 29 heavy (non-hydrogen) atoms. The zero-order valence-electron chi connectivity index (χ0n) is 16.3. The lowest BCUT2D eigenvalue weighted by molar-refractivity contribution is -0.139. The second-order valence-corrected chi connectivity index (χ2v) is 7.75. The first-order valence-corrected chi connectivity index (χ1v) is 10.1. The van der Waals surface area contributed by atoms with E-state index >= 15 is 0 Å². The number of rotatable bonds is 5. The molecule has 8 nitrogen and oxygen atoms in total. The van der Waals surface area contributed by atoms with Crippen molar-refractivity contribution in [2.24, 2.45) is 5.73 Å². The van der Waals surface area contributed by atoms with Crippen LogP contribution in [0.5, 0.6) is 5.75 Å². The molecule has 3 rings (SSSR count). The summed E-state index contributed by atoms with van der Waals surface area (Å²) in [6.45, 7) is 5.25. The summed E-state index contributed by atoms with van der Waals surface area (Å²) in [6, 6.07) is 6.08. The van der Waals surface area contributed by atoms with Crippen molar-refractivity contribution in [3.8, 4) is 5.75 Å². The normalized spacial score (nSPS) is 21.3. The van der Waals surface area contributed by atoms with Crippen LogP contribution in [-0.4, -0.2) is 46.3 Å². The van der Waals surface area contributed by atoms with Crippen LogP contribution in [0, 0.1) is 0 Å². The lowest BCUT2D eigenvalue weighted by Gasteiger charge is -2.33. The number of esters is 2. The predicted octanol–water partition coefficient (Wildman–Crippen LogP) is 1.96. The number of nitrogens with two attached hydrogens (primary N) is 1. The number of carbonyl (C=O) groups excluding carboxylic acids is 3. The van der Waals surface area contributed by atoms with Crippen molar-refractivity contribution < 1.29 is 29.0 Å². The topological polar surface area (TPSA) is 119 Å². The molecule has 9 heteroatoms. The summed E-state index contributed by atoms with van der Waals surface area (Å²) in [5.74, 6) is -2.62. The second-order valence-electron chi connectivity index (χ2n) is 6.42. The fourth-order valence-corrected chi connectivity index (χ4v) is 4.51. The number of hydrogen-bond donors (Lipinski definition) is 2. The molecule has 0 saturated carbocycles. The molecular formula is C20H22N2O6S. The standard InChI is InChI=1S/C20H22N2O6S/c1-4-27-19(25)14-13(11-6-8-12(23)9-7-11)15(20(26)28-5-2)18-22(16(14)21)17(24)10(3)29-18/h6-10,13,23H,4-5,21H2,1-3H3/t10-,13+/m1/s1. The van der Waals surface area contributed by atoms with Gasteiger partial charge < -0.3 is 20.3 Å². The van der Waals surface area contributed by atoms with Crippen molar-refractivity contribution in [1.29, 1.82) is 0 Å². The molecule has 1 saturated heterocycles. The smallest absolute Gasteiger partial charge is 0.338 e. The zero-order chi connectivity index (χ0) is 21.3. The monoisotopic (exact) mass is 418 g/mol. The van der Waals surface area contributed by atoms with Crippen LogP contribution in [0.15, 0.2) is 46.3 Å². The number of phenolic OH excluding ortho intramolecular Hbond substituents is 1. The number of fused-ring (bicyclic) bond motifs is 1. The van der Waals surface area contributed by atoms with Crippen molar-refractivity contribution in [3.63, 3.8) is 0 Å². The summed E-state index contributed by atoms with van der Waals surface area (Å²) in [5.41, 5.74) is 6.96. The highest BCUT2D eigenvalue weighted by Gasteiger charge is 2.49. The van der Waals surface area contributed by atoms with Crippen LogP contribution in [0.25, 0.3) is 0 Å². The number of thioether (sulfide) groups is 1. The first-order valence-electron chi connectivity index (χ1n) is 9.19. The van der Waals surface area contributed by atoms with E-state index < -0.39 is 23.1 Å². The number of aromatic hydroxyl groups is 1. The molecule has 0 radical (unpaired) electrons. The fourth-order valence-electron chi connectivity index (χ4n) is 3.35. The third-order valence-electron chi connectivity index (χ3n) is 4.60. The van der Waals surface area contributed by atoms with Gasteiger partial charge in [0, 0.05) is 0 Å². The average molecular weight is 418 g/mol. The van der Waals surface area contributed by atoms with Gasteiger partial charge in [-0.3, -0.25) is 9.69 Å². The summed E-state index contributed by atoms with van der Waals surface area (Å²) in [4.78, 5) is 39.7. The van der Waals surface area contributed by atoms with Gasteiger partial charge in [-0.05, 0) is 38.5 Å². The maximum atomic E-state index is 12.9.